The van der Waals surface area contributed by atoms with Gasteiger partial charge in [-0.05, 0) is 30.5 Å². The first-order chi connectivity index (χ1) is 8.65. The van der Waals surface area contributed by atoms with Crippen molar-refractivity contribution in [2.24, 2.45) is 11.0 Å². The molecule has 1 atom stereocenters. The van der Waals surface area contributed by atoms with Crippen molar-refractivity contribution in [2.45, 2.75) is 32.2 Å². The maximum Gasteiger partial charge on any atom is 0.243 e. The molecular weight excluding hydrogens is 226 g/mol. The van der Waals surface area contributed by atoms with Crippen molar-refractivity contribution in [3.63, 3.8) is 0 Å². The first-order valence-corrected chi connectivity index (χ1v) is 6.41. The summed E-state index contributed by atoms with van der Waals surface area (Å²) >= 11 is 0. The van der Waals surface area contributed by atoms with Crippen LogP contribution in [0.15, 0.2) is 29.4 Å². The van der Waals surface area contributed by atoms with Crippen LogP contribution in [-0.2, 0) is 4.79 Å². The number of rotatable bonds is 2. The molecule has 4 nitrogen and oxygen atoms in total. The van der Waals surface area contributed by atoms with Gasteiger partial charge < -0.3 is 5.73 Å². The van der Waals surface area contributed by atoms with Gasteiger partial charge in [-0.1, -0.05) is 19.1 Å². The second-order valence-electron chi connectivity index (χ2n) is 5.18. The summed E-state index contributed by atoms with van der Waals surface area (Å²) in [5.41, 5.74) is 8.51. The Morgan fingerprint density at radius 3 is 2.56 bits per heavy atom. The van der Waals surface area contributed by atoms with Crippen LogP contribution in [0, 0.1) is 5.92 Å². The number of amides is 1. The fourth-order valence-electron chi connectivity index (χ4n) is 2.32. The summed E-state index contributed by atoms with van der Waals surface area (Å²) < 4.78 is 0. The number of carbonyl (C=O) groups is 1. The lowest BCUT2D eigenvalue weighted by Gasteiger charge is -2.27. The van der Waals surface area contributed by atoms with Gasteiger partial charge in [0.2, 0.25) is 5.91 Å². The topological polar surface area (TPSA) is 58.7 Å². The van der Waals surface area contributed by atoms with Crippen LogP contribution in [0.25, 0.3) is 0 Å². The number of hydrogen-bond acceptors (Lipinski definition) is 3. The van der Waals surface area contributed by atoms with Crippen molar-refractivity contribution >= 4 is 17.3 Å². The number of nitrogens with zero attached hydrogens (tertiary/aromatic N) is 2. The van der Waals surface area contributed by atoms with Gasteiger partial charge >= 0.3 is 0 Å². The number of carbonyl (C=O) groups excluding carboxylic acids is 1. The molecular formula is C14H17N3O. The van der Waals surface area contributed by atoms with Gasteiger partial charge in [-0.15, -0.1) is 0 Å². The van der Waals surface area contributed by atoms with E-state index in [0.717, 1.165) is 29.8 Å². The molecule has 1 unspecified atom stereocenters. The normalized spacial score (nSPS) is 24.1. The number of nitrogens with two attached hydrogens (primary N) is 1. The lowest BCUT2D eigenvalue weighted by Crippen LogP contribution is -2.37. The van der Waals surface area contributed by atoms with E-state index in [-0.39, 0.29) is 11.8 Å². The molecule has 2 aliphatic rings. The number of anilines is 1. The summed E-state index contributed by atoms with van der Waals surface area (Å²) in [5, 5.41) is 6.25. The molecule has 1 amide bonds. The van der Waals surface area contributed by atoms with Crippen LogP contribution < -0.4 is 5.73 Å². The van der Waals surface area contributed by atoms with Crippen molar-refractivity contribution in [1.29, 1.82) is 0 Å². The molecule has 1 saturated carbocycles. The number of benzene rings is 1. The van der Waals surface area contributed by atoms with E-state index < -0.39 is 0 Å². The SMILES string of the molecule is CC1CC(=O)N(C2CC2)N=C1c1ccc(N)cc1. The minimum absolute atomic E-state index is 0.157. The highest BCUT2D eigenvalue weighted by Gasteiger charge is 2.37. The number of hydrazone groups is 1. The predicted octanol–water partition coefficient (Wildman–Crippen LogP) is 2.00. The summed E-state index contributed by atoms with van der Waals surface area (Å²) in [6.07, 6.45) is 2.72. The molecule has 0 bridgehead atoms. The van der Waals surface area contributed by atoms with Gasteiger partial charge in [-0.3, -0.25) is 4.79 Å². The van der Waals surface area contributed by atoms with Gasteiger partial charge in [0.05, 0.1) is 11.8 Å². The summed E-state index contributed by atoms with van der Waals surface area (Å²) in [6, 6.07) is 8.05. The Hall–Kier alpha value is -1.84. The molecule has 1 aliphatic carbocycles. The highest BCUT2D eigenvalue weighted by molar-refractivity contribution is 6.05. The Labute approximate surface area is 106 Å². The molecule has 94 valence electrons. The fraction of sp³-hybridized carbons (Fsp3) is 0.429. The van der Waals surface area contributed by atoms with Gasteiger partial charge in [0.25, 0.3) is 0 Å². The monoisotopic (exact) mass is 243 g/mol. The molecule has 0 spiro atoms. The van der Waals surface area contributed by atoms with Crippen molar-refractivity contribution in [3.8, 4) is 0 Å². The third kappa shape index (κ3) is 1.98. The Morgan fingerprint density at radius 1 is 1.28 bits per heavy atom. The Balaban J connectivity index is 1.95. The van der Waals surface area contributed by atoms with E-state index >= 15 is 0 Å². The van der Waals surface area contributed by atoms with Crippen LogP contribution >= 0.6 is 0 Å². The van der Waals surface area contributed by atoms with Crippen molar-refractivity contribution in [2.75, 3.05) is 5.73 Å². The van der Waals surface area contributed by atoms with E-state index in [0.29, 0.717) is 12.5 Å². The van der Waals surface area contributed by atoms with E-state index in [4.69, 9.17) is 5.73 Å². The molecule has 4 heteroatoms. The van der Waals surface area contributed by atoms with E-state index in [2.05, 4.69) is 12.0 Å². The summed E-state index contributed by atoms with van der Waals surface area (Å²) in [6.45, 7) is 2.05. The second-order valence-corrected chi connectivity index (χ2v) is 5.18. The minimum atomic E-state index is 0.157. The fourth-order valence-corrected chi connectivity index (χ4v) is 2.32. The standard InChI is InChI=1S/C14H17N3O/c1-9-8-13(18)17(12-6-7-12)16-14(9)10-2-4-11(15)5-3-10/h2-5,9,12H,6-8,15H2,1H3. The molecule has 3 rings (SSSR count). The quantitative estimate of drug-likeness (QED) is 0.808. The highest BCUT2D eigenvalue weighted by atomic mass is 16.2. The average molecular weight is 243 g/mol. The lowest BCUT2D eigenvalue weighted by atomic mass is 9.93. The van der Waals surface area contributed by atoms with E-state index in [1.54, 1.807) is 5.01 Å². The molecule has 0 aromatic heterocycles. The zero-order valence-electron chi connectivity index (χ0n) is 10.5. The second kappa shape index (κ2) is 4.12. The molecule has 1 heterocycles. The van der Waals surface area contributed by atoms with Crippen LogP contribution in [-0.4, -0.2) is 22.7 Å². The molecule has 1 aromatic carbocycles. The molecule has 0 radical (unpaired) electrons. The van der Waals surface area contributed by atoms with Crippen LogP contribution in [0.5, 0.6) is 0 Å². The molecule has 1 aliphatic heterocycles. The van der Waals surface area contributed by atoms with Crippen LogP contribution in [0.3, 0.4) is 0 Å². The summed E-state index contributed by atoms with van der Waals surface area (Å²) in [5.74, 6) is 0.334. The van der Waals surface area contributed by atoms with Gasteiger partial charge in [0.15, 0.2) is 0 Å². The van der Waals surface area contributed by atoms with Gasteiger partial charge in [-0.25, -0.2) is 5.01 Å². The maximum atomic E-state index is 11.9. The van der Waals surface area contributed by atoms with E-state index in [9.17, 15) is 4.79 Å². The van der Waals surface area contributed by atoms with Gasteiger partial charge in [-0.2, -0.15) is 5.10 Å². The van der Waals surface area contributed by atoms with Crippen molar-refractivity contribution < 1.29 is 4.79 Å². The number of nitrogen functional groups attached to an aromatic ring is 1. The zero-order chi connectivity index (χ0) is 12.7. The van der Waals surface area contributed by atoms with E-state index in [1.807, 2.05) is 24.3 Å². The minimum Gasteiger partial charge on any atom is -0.399 e. The first kappa shape index (κ1) is 11.3. The first-order valence-electron chi connectivity index (χ1n) is 6.41. The Kier molecular flexibility index (Phi) is 2.58. The van der Waals surface area contributed by atoms with Crippen LogP contribution in [0.1, 0.15) is 31.7 Å². The van der Waals surface area contributed by atoms with Crippen LogP contribution in [0.4, 0.5) is 5.69 Å². The molecule has 18 heavy (non-hydrogen) atoms. The third-order valence-corrected chi connectivity index (χ3v) is 3.52. The van der Waals surface area contributed by atoms with Gasteiger partial charge in [0, 0.05) is 18.0 Å². The van der Waals surface area contributed by atoms with E-state index in [1.165, 1.54) is 0 Å². The number of hydrogen-bond donors (Lipinski definition) is 1. The summed E-state index contributed by atoms with van der Waals surface area (Å²) in [7, 11) is 0. The lowest BCUT2D eigenvalue weighted by molar-refractivity contribution is -0.133. The van der Waals surface area contributed by atoms with Crippen molar-refractivity contribution in [3.05, 3.63) is 29.8 Å². The molecule has 1 fully saturated rings. The highest BCUT2D eigenvalue weighted by Crippen LogP contribution is 2.32. The van der Waals surface area contributed by atoms with Crippen molar-refractivity contribution in [1.82, 2.24) is 5.01 Å². The molecule has 0 saturated heterocycles. The Bertz CT molecular complexity index is 502. The average Bonchev–Trinajstić information content (AvgIpc) is 3.15. The maximum absolute atomic E-state index is 11.9. The molecule has 2 N–H and O–H groups in total. The van der Waals surface area contributed by atoms with Crippen LogP contribution in [0.2, 0.25) is 0 Å². The molecule has 1 aromatic rings. The summed E-state index contributed by atoms with van der Waals surface area (Å²) in [4.78, 5) is 11.9. The largest absolute Gasteiger partial charge is 0.399 e. The Morgan fingerprint density at radius 2 is 1.94 bits per heavy atom. The third-order valence-electron chi connectivity index (χ3n) is 3.52. The zero-order valence-corrected chi connectivity index (χ0v) is 10.5. The van der Waals surface area contributed by atoms with Gasteiger partial charge in [0.1, 0.15) is 0 Å². The predicted molar refractivity (Wildman–Crippen MR) is 71.0 cm³/mol. The smallest absolute Gasteiger partial charge is 0.243 e.